The van der Waals surface area contributed by atoms with Gasteiger partial charge in [-0.3, -0.25) is 14.6 Å². The molecule has 2 aliphatic rings. The number of halogens is 1. The van der Waals surface area contributed by atoms with E-state index in [4.69, 9.17) is 20.7 Å². The Labute approximate surface area is 239 Å². The highest BCUT2D eigenvalue weighted by Gasteiger charge is 2.34. The lowest BCUT2D eigenvalue weighted by molar-refractivity contribution is -0.119. The van der Waals surface area contributed by atoms with Gasteiger partial charge in [-0.2, -0.15) is 4.37 Å². The van der Waals surface area contributed by atoms with Crippen LogP contribution in [0.4, 0.5) is 16.3 Å². The van der Waals surface area contributed by atoms with Crippen LogP contribution in [-0.2, 0) is 22.4 Å². The minimum absolute atomic E-state index is 0.0913. The van der Waals surface area contributed by atoms with Crippen molar-refractivity contribution >= 4 is 56.7 Å². The molecule has 3 heterocycles. The zero-order valence-corrected chi connectivity index (χ0v) is 24.4. The highest BCUT2D eigenvalue weighted by atomic mass is 35.5. The summed E-state index contributed by atoms with van der Waals surface area (Å²) >= 11 is 8.26. The minimum Gasteiger partial charge on any atom is -0.425 e. The molecule has 208 valence electrons. The van der Waals surface area contributed by atoms with E-state index in [9.17, 15) is 9.59 Å². The maximum atomic E-state index is 12.8. The quantitative estimate of drug-likeness (QED) is 0.376. The number of piperazine rings is 1. The van der Waals surface area contributed by atoms with Crippen LogP contribution in [0.3, 0.4) is 0 Å². The summed E-state index contributed by atoms with van der Waals surface area (Å²) in [6.45, 7) is 11.2. The first-order chi connectivity index (χ1) is 18.8. The van der Waals surface area contributed by atoms with E-state index in [0.29, 0.717) is 17.5 Å². The Kier molecular flexibility index (Phi) is 8.59. The topological polar surface area (TPSA) is 78.0 Å². The predicted octanol–water partition coefficient (Wildman–Crippen LogP) is 5.32. The molecule has 2 amide bonds. The van der Waals surface area contributed by atoms with E-state index < -0.39 is 12.3 Å². The Morgan fingerprint density at radius 2 is 1.92 bits per heavy atom. The number of rotatable bonds is 9. The van der Waals surface area contributed by atoms with Gasteiger partial charge in [0.1, 0.15) is 5.82 Å². The third-order valence-corrected chi connectivity index (χ3v) is 8.65. The molecule has 0 bridgehead atoms. The first kappa shape index (κ1) is 27.7. The average Bonchev–Trinajstić information content (AvgIpc) is 3.47. The molecule has 1 saturated heterocycles. The summed E-state index contributed by atoms with van der Waals surface area (Å²) in [5, 5.41) is 4.62. The van der Waals surface area contributed by atoms with Crippen molar-refractivity contribution in [3.05, 3.63) is 52.5 Å². The molecule has 2 aliphatic heterocycles. The van der Waals surface area contributed by atoms with Gasteiger partial charge in [0.15, 0.2) is 6.23 Å². The third-order valence-electron chi connectivity index (χ3n) is 7.48. The number of carbonyl (C=O) groups is 2. The van der Waals surface area contributed by atoms with Gasteiger partial charge in [0, 0.05) is 49.7 Å². The van der Waals surface area contributed by atoms with Crippen LogP contribution in [0.15, 0.2) is 36.4 Å². The summed E-state index contributed by atoms with van der Waals surface area (Å²) in [5.41, 5.74) is 2.69. The monoisotopic (exact) mass is 569 g/mol. The van der Waals surface area contributed by atoms with Crippen LogP contribution in [0, 0.1) is 5.92 Å². The van der Waals surface area contributed by atoms with Crippen molar-refractivity contribution in [3.8, 4) is 0 Å². The molecule has 10 heteroatoms. The van der Waals surface area contributed by atoms with Crippen LogP contribution in [0.5, 0.6) is 0 Å². The second-order valence-electron chi connectivity index (χ2n) is 10.7. The van der Waals surface area contributed by atoms with Gasteiger partial charge in [0.2, 0.25) is 5.91 Å². The van der Waals surface area contributed by atoms with Gasteiger partial charge in [-0.1, -0.05) is 43.6 Å². The number of ether oxygens (including phenoxy) is 1. The lowest BCUT2D eigenvalue weighted by atomic mass is 10.1. The van der Waals surface area contributed by atoms with Crippen LogP contribution < -0.4 is 15.1 Å². The predicted molar refractivity (Wildman–Crippen MR) is 158 cm³/mol. The number of alkyl carbamates (subject to hydrolysis) is 1. The molecule has 0 aliphatic carbocycles. The maximum Gasteiger partial charge on any atom is 0.409 e. The largest absolute Gasteiger partial charge is 0.425 e. The second-order valence-corrected chi connectivity index (χ2v) is 11.9. The smallest absolute Gasteiger partial charge is 0.409 e. The number of fused-ring (bicyclic) bond motifs is 2. The lowest BCUT2D eigenvalue weighted by Gasteiger charge is -2.35. The fraction of sp³-hybridized carbons (Fsp3) is 0.483. The number of carbonyl (C=O) groups excluding carboxylic acids is 2. The van der Waals surface area contributed by atoms with Gasteiger partial charge in [0.25, 0.3) is 0 Å². The fourth-order valence-corrected chi connectivity index (χ4v) is 6.32. The first-order valence-corrected chi connectivity index (χ1v) is 14.8. The molecule has 3 aromatic rings. The number of anilines is 2. The summed E-state index contributed by atoms with van der Waals surface area (Å²) < 4.78 is 11.4. The zero-order valence-electron chi connectivity index (χ0n) is 22.8. The summed E-state index contributed by atoms with van der Waals surface area (Å²) in [6.07, 6.45) is 0.722. The highest BCUT2D eigenvalue weighted by Crippen LogP contribution is 2.36. The summed E-state index contributed by atoms with van der Waals surface area (Å²) in [7, 11) is 0. The normalized spacial score (nSPS) is 16.7. The van der Waals surface area contributed by atoms with Gasteiger partial charge in [0.05, 0.1) is 16.8 Å². The molecule has 8 nitrogen and oxygen atoms in total. The number of hydrogen-bond acceptors (Lipinski definition) is 7. The molecule has 1 N–H and O–H groups in total. The molecule has 0 radical (unpaired) electrons. The molecule has 0 saturated carbocycles. The van der Waals surface area contributed by atoms with Crippen molar-refractivity contribution in [3.63, 3.8) is 0 Å². The number of hydrogen-bond donors (Lipinski definition) is 1. The standard InChI is InChI=1S/C29H36ClN5O3S/c1-19(2)8-10-31-29(37)38-20(3)35-25-18-24(30)21(16-22(25)17-27(35)36)9-11-33-12-14-34(15-13-33)28-23-6-4-5-7-26(23)39-32-28/h4-7,16,18-20H,8-15,17H2,1-3H3,(H,31,37). The Hall–Kier alpha value is -2.88. The van der Waals surface area contributed by atoms with Crippen LogP contribution in [0.25, 0.3) is 10.1 Å². The van der Waals surface area contributed by atoms with E-state index in [0.717, 1.165) is 68.2 Å². The number of amides is 2. The molecule has 0 spiro atoms. The van der Waals surface area contributed by atoms with E-state index in [1.807, 2.05) is 12.1 Å². The van der Waals surface area contributed by atoms with Crippen molar-refractivity contribution in [1.29, 1.82) is 0 Å². The maximum absolute atomic E-state index is 12.8. The van der Waals surface area contributed by atoms with E-state index in [-0.39, 0.29) is 12.3 Å². The van der Waals surface area contributed by atoms with Gasteiger partial charge in [-0.15, -0.1) is 0 Å². The molecule has 1 aromatic heterocycles. The fourth-order valence-electron chi connectivity index (χ4n) is 5.27. The van der Waals surface area contributed by atoms with Crippen LogP contribution in [0.2, 0.25) is 5.02 Å². The molecule has 1 unspecified atom stereocenters. The van der Waals surface area contributed by atoms with E-state index >= 15 is 0 Å². The molecule has 1 atom stereocenters. The molecule has 2 aromatic carbocycles. The Bertz CT molecular complexity index is 1340. The Morgan fingerprint density at radius 3 is 2.69 bits per heavy atom. The molecule has 5 rings (SSSR count). The zero-order chi connectivity index (χ0) is 27.5. The number of aromatic nitrogens is 1. The van der Waals surface area contributed by atoms with Crippen molar-refractivity contribution in [1.82, 2.24) is 14.6 Å². The molecule has 39 heavy (non-hydrogen) atoms. The molecule has 1 fully saturated rings. The minimum atomic E-state index is -0.717. The SMILES string of the molecule is CC(C)CCNC(=O)OC(C)N1C(=O)Cc2cc(CCN3CCN(c4nsc5ccccc45)CC3)c(Cl)cc21. The second kappa shape index (κ2) is 12.1. The summed E-state index contributed by atoms with van der Waals surface area (Å²) in [4.78, 5) is 31.4. The van der Waals surface area contributed by atoms with E-state index in [2.05, 4.69) is 53.2 Å². The highest BCUT2D eigenvalue weighted by molar-refractivity contribution is 7.13. The van der Waals surface area contributed by atoms with E-state index in [1.165, 1.54) is 15.0 Å². The number of nitrogens with zero attached hydrogens (tertiary/aromatic N) is 4. The van der Waals surface area contributed by atoms with Gasteiger partial charge in [-0.05, 0) is 66.5 Å². The van der Waals surface area contributed by atoms with E-state index in [1.54, 1.807) is 18.5 Å². The molecular weight excluding hydrogens is 534 g/mol. The average molecular weight is 570 g/mol. The van der Waals surface area contributed by atoms with Crippen LogP contribution in [0.1, 0.15) is 38.3 Å². The summed E-state index contributed by atoms with van der Waals surface area (Å²) in [6, 6.07) is 12.3. The Balaban J connectivity index is 1.16. The lowest BCUT2D eigenvalue weighted by Crippen LogP contribution is -2.47. The van der Waals surface area contributed by atoms with Crippen molar-refractivity contribution in [2.45, 2.75) is 46.3 Å². The van der Waals surface area contributed by atoms with Crippen molar-refractivity contribution < 1.29 is 14.3 Å². The van der Waals surface area contributed by atoms with Gasteiger partial charge < -0.3 is 15.0 Å². The van der Waals surface area contributed by atoms with Gasteiger partial charge >= 0.3 is 6.09 Å². The van der Waals surface area contributed by atoms with Crippen molar-refractivity contribution in [2.75, 3.05) is 49.1 Å². The van der Waals surface area contributed by atoms with Gasteiger partial charge in [-0.25, -0.2) is 4.79 Å². The van der Waals surface area contributed by atoms with Crippen molar-refractivity contribution in [2.24, 2.45) is 5.92 Å². The third kappa shape index (κ3) is 6.31. The number of benzene rings is 2. The van der Waals surface area contributed by atoms with Crippen LogP contribution >= 0.6 is 23.1 Å². The van der Waals surface area contributed by atoms with Crippen LogP contribution in [-0.4, -0.2) is 66.8 Å². The Morgan fingerprint density at radius 1 is 1.15 bits per heavy atom. The number of nitrogens with one attached hydrogen (secondary N) is 1. The molecular formula is C29H36ClN5O3S. The first-order valence-electron chi connectivity index (χ1n) is 13.7. The summed E-state index contributed by atoms with van der Waals surface area (Å²) in [5.74, 6) is 1.49.